The number of carbonyl (C=O) groups is 4. The number of amides is 1. The zero-order chi connectivity index (χ0) is 20.4. The van der Waals surface area contributed by atoms with Crippen molar-refractivity contribution in [3.63, 3.8) is 0 Å². The Morgan fingerprint density at radius 3 is 1.07 bits per heavy atom. The number of nitrogens with zero attached hydrogens (tertiary/aromatic N) is 4. The third-order valence-corrected chi connectivity index (χ3v) is 4.36. The first-order chi connectivity index (χ1) is 12.7. The molecule has 161 valence electrons. The van der Waals surface area contributed by atoms with Crippen molar-refractivity contribution < 1.29 is 83.9 Å². The molecule has 0 saturated carbocycles. The van der Waals surface area contributed by atoms with Gasteiger partial charge in [-0.25, -0.2) is 0 Å². The minimum absolute atomic E-state index is 0. The number of carboxylic acids is 3. The zero-order valence-electron chi connectivity index (χ0n) is 15.9. The van der Waals surface area contributed by atoms with Gasteiger partial charge in [-0.15, -0.1) is 0 Å². The summed E-state index contributed by atoms with van der Waals surface area (Å²) in [6.07, 6.45) is 0. The standard InChI is InChI=1S/C16H28N4O7.Eu/c1-13(21)20-8-6-18(11-15(24)25)4-2-17(10-14(22)23)3-5-19(7-9-20)12-16(26)27;/h2-12H2,1H3,(H,22,23)(H,24,25)(H,26,27);. The number of hydrogen-bond donors (Lipinski definition) is 3. The first kappa shape index (κ1) is 27.3. The molecule has 1 radical (unpaired) electrons. The van der Waals surface area contributed by atoms with Crippen LogP contribution in [-0.2, 0) is 19.2 Å². The van der Waals surface area contributed by atoms with Gasteiger partial charge in [0.25, 0.3) is 0 Å². The van der Waals surface area contributed by atoms with Crippen LogP contribution >= 0.6 is 0 Å². The van der Waals surface area contributed by atoms with Crippen LogP contribution in [0.25, 0.3) is 0 Å². The molecule has 0 aromatic heterocycles. The van der Waals surface area contributed by atoms with E-state index in [2.05, 4.69) is 0 Å². The van der Waals surface area contributed by atoms with Crippen LogP contribution in [0.2, 0.25) is 0 Å². The van der Waals surface area contributed by atoms with Crippen LogP contribution in [0.1, 0.15) is 6.92 Å². The van der Waals surface area contributed by atoms with Crippen molar-refractivity contribution in [3.05, 3.63) is 0 Å². The van der Waals surface area contributed by atoms with Crippen LogP contribution < -0.4 is 0 Å². The molecule has 0 spiro atoms. The van der Waals surface area contributed by atoms with E-state index in [1.54, 1.807) is 19.6 Å². The molecule has 0 bridgehead atoms. The van der Waals surface area contributed by atoms with E-state index in [1.165, 1.54) is 6.92 Å². The number of aliphatic carboxylic acids is 3. The van der Waals surface area contributed by atoms with E-state index in [0.29, 0.717) is 52.4 Å². The van der Waals surface area contributed by atoms with E-state index < -0.39 is 17.9 Å². The molecule has 1 aliphatic rings. The van der Waals surface area contributed by atoms with Gasteiger partial charge in [0.1, 0.15) is 0 Å². The van der Waals surface area contributed by atoms with Crippen molar-refractivity contribution in [1.29, 1.82) is 0 Å². The third kappa shape index (κ3) is 12.0. The van der Waals surface area contributed by atoms with Gasteiger partial charge in [0.2, 0.25) is 5.91 Å². The molecule has 1 aliphatic heterocycles. The minimum atomic E-state index is -1.00. The van der Waals surface area contributed by atoms with E-state index in [-0.39, 0.29) is 74.9 Å². The van der Waals surface area contributed by atoms with E-state index in [1.807, 2.05) is 0 Å². The molecule has 0 atom stereocenters. The number of rotatable bonds is 6. The van der Waals surface area contributed by atoms with E-state index in [0.717, 1.165) is 0 Å². The van der Waals surface area contributed by atoms with Crippen LogP contribution in [0.3, 0.4) is 0 Å². The monoisotopic (exact) mass is 541 g/mol. The summed E-state index contributed by atoms with van der Waals surface area (Å²) in [6.45, 7) is 3.48. The topological polar surface area (TPSA) is 142 Å². The fourth-order valence-electron chi connectivity index (χ4n) is 2.90. The molecular weight excluding hydrogens is 512 g/mol. The molecule has 12 heteroatoms. The van der Waals surface area contributed by atoms with Crippen LogP contribution in [0, 0.1) is 49.4 Å². The Hall–Kier alpha value is -0.656. The van der Waals surface area contributed by atoms with Gasteiger partial charge in [-0.3, -0.25) is 33.9 Å². The minimum Gasteiger partial charge on any atom is -0.480 e. The van der Waals surface area contributed by atoms with Crippen molar-refractivity contribution in [1.82, 2.24) is 19.6 Å². The van der Waals surface area contributed by atoms with Crippen LogP contribution in [0.4, 0.5) is 0 Å². The van der Waals surface area contributed by atoms with Gasteiger partial charge in [-0.2, -0.15) is 0 Å². The Labute approximate surface area is 204 Å². The maximum atomic E-state index is 11.8. The molecule has 0 unspecified atom stereocenters. The zero-order valence-corrected chi connectivity index (χ0v) is 18.3. The van der Waals surface area contributed by atoms with Gasteiger partial charge in [-0.1, -0.05) is 0 Å². The first-order valence-corrected chi connectivity index (χ1v) is 8.75. The molecule has 0 aliphatic carbocycles. The predicted octanol–water partition coefficient (Wildman–Crippen LogP) is -1.99. The summed E-state index contributed by atoms with van der Waals surface area (Å²) >= 11 is 0. The van der Waals surface area contributed by atoms with Gasteiger partial charge < -0.3 is 20.2 Å². The van der Waals surface area contributed by atoms with E-state index in [9.17, 15) is 19.2 Å². The Morgan fingerprint density at radius 1 is 0.607 bits per heavy atom. The van der Waals surface area contributed by atoms with Crippen molar-refractivity contribution in [2.45, 2.75) is 6.92 Å². The Kier molecular flexibility index (Phi) is 14.0. The van der Waals surface area contributed by atoms with Gasteiger partial charge in [-0.05, 0) is 0 Å². The van der Waals surface area contributed by atoms with Crippen molar-refractivity contribution in [2.24, 2.45) is 0 Å². The molecule has 1 amide bonds. The fourth-order valence-corrected chi connectivity index (χ4v) is 2.90. The number of hydrogen-bond acceptors (Lipinski definition) is 7. The average molecular weight is 540 g/mol. The fraction of sp³-hybridized carbons (Fsp3) is 0.750. The molecule has 1 fully saturated rings. The normalized spacial score (nSPS) is 18.4. The number of carboxylic acid groups (broad SMARTS) is 3. The smallest absolute Gasteiger partial charge is 0.317 e. The van der Waals surface area contributed by atoms with Gasteiger partial charge >= 0.3 is 17.9 Å². The molecule has 1 heterocycles. The summed E-state index contributed by atoms with van der Waals surface area (Å²) < 4.78 is 0. The molecule has 28 heavy (non-hydrogen) atoms. The molecule has 0 aromatic carbocycles. The summed E-state index contributed by atoms with van der Waals surface area (Å²) in [5, 5.41) is 27.2. The summed E-state index contributed by atoms with van der Waals surface area (Å²) in [5.41, 5.74) is 0. The van der Waals surface area contributed by atoms with Crippen molar-refractivity contribution in [2.75, 3.05) is 72.0 Å². The van der Waals surface area contributed by atoms with Crippen molar-refractivity contribution in [3.8, 4) is 0 Å². The van der Waals surface area contributed by atoms with Gasteiger partial charge in [0.05, 0.1) is 19.6 Å². The van der Waals surface area contributed by atoms with E-state index in [4.69, 9.17) is 15.3 Å². The summed E-state index contributed by atoms with van der Waals surface area (Å²) in [5.74, 6) is -3.15. The second-order valence-corrected chi connectivity index (χ2v) is 6.52. The predicted molar refractivity (Wildman–Crippen MR) is 94.5 cm³/mol. The number of carbonyl (C=O) groups excluding carboxylic acids is 1. The van der Waals surface area contributed by atoms with E-state index >= 15 is 0 Å². The molecule has 1 saturated heterocycles. The van der Waals surface area contributed by atoms with Crippen LogP contribution in [-0.4, -0.2) is 131 Å². The first-order valence-electron chi connectivity index (χ1n) is 8.75. The molecule has 1 rings (SSSR count). The average Bonchev–Trinajstić information content (AvgIpc) is 2.53. The molecule has 3 N–H and O–H groups in total. The van der Waals surface area contributed by atoms with Crippen LogP contribution in [0.15, 0.2) is 0 Å². The SMILES string of the molecule is CC(=O)N1CCN(CC(=O)O)CCN(CC(=O)O)CCN(CC(=O)O)CC1.[Eu]. The maximum absolute atomic E-state index is 11.8. The Balaban J connectivity index is 0.00000729. The molecule has 11 nitrogen and oxygen atoms in total. The van der Waals surface area contributed by atoms with Crippen molar-refractivity contribution >= 4 is 23.8 Å². The largest absolute Gasteiger partial charge is 0.480 e. The third-order valence-electron chi connectivity index (χ3n) is 4.36. The second kappa shape index (κ2) is 14.3. The summed E-state index contributed by atoms with van der Waals surface area (Å²) in [7, 11) is 0. The van der Waals surface area contributed by atoms with Gasteiger partial charge in [0, 0.05) is 109 Å². The van der Waals surface area contributed by atoms with Gasteiger partial charge in [0.15, 0.2) is 0 Å². The molecule has 0 aromatic rings. The summed E-state index contributed by atoms with van der Waals surface area (Å²) in [4.78, 5) is 51.6. The quantitative estimate of drug-likeness (QED) is 0.347. The molecular formula is C16H28EuN4O7. The second-order valence-electron chi connectivity index (χ2n) is 6.52. The maximum Gasteiger partial charge on any atom is 0.317 e. The summed E-state index contributed by atoms with van der Waals surface area (Å²) in [6, 6.07) is 0. The Morgan fingerprint density at radius 2 is 0.857 bits per heavy atom. The van der Waals surface area contributed by atoms with Crippen LogP contribution in [0.5, 0.6) is 0 Å². The Bertz CT molecular complexity index is 517.